The van der Waals surface area contributed by atoms with Crippen LogP contribution in [0, 0.1) is 13.8 Å². The molecule has 1 nitrogen and oxygen atoms in total. The van der Waals surface area contributed by atoms with Crippen molar-refractivity contribution in [1.82, 2.24) is 4.57 Å². The summed E-state index contributed by atoms with van der Waals surface area (Å²) in [5.74, 6) is 0. The van der Waals surface area contributed by atoms with Crippen molar-refractivity contribution in [3.63, 3.8) is 0 Å². The van der Waals surface area contributed by atoms with E-state index in [-0.39, 0.29) is 0 Å². The third-order valence-electron chi connectivity index (χ3n) is 3.82. The molecule has 0 aliphatic carbocycles. The van der Waals surface area contributed by atoms with E-state index in [9.17, 15) is 0 Å². The topological polar surface area (TPSA) is 4.93 Å². The zero-order chi connectivity index (χ0) is 13.3. The van der Waals surface area contributed by atoms with Gasteiger partial charge in [0.1, 0.15) is 0 Å². The number of hydrogen-bond donors (Lipinski definition) is 0. The Hall–Kier alpha value is -1.21. The molecule has 0 saturated carbocycles. The van der Waals surface area contributed by atoms with Gasteiger partial charge in [-0.25, -0.2) is 0 Å². The predicted molar refractivity (Wildman–Crippen MR) is 79.4 cm³/mol. The molecule has 0 aliphatic rings. The lowest BCUT2D eigenvalue weighted by atomic mass is 10.0. The minimum Gasteiger partial charge on any atom is -0.348 e. The van der Waals surface area contributed by atoms with E-state index in [1.807, 2.05) is 12.1 Å². The monoisotopic (exact) mass is 261 g/mol. The molecule has 2 aromatic rings. The van der Waals surface area contributed by atoms with E-state index < -0.39 is 0 Å². The highest BCUT2D eigenvalue weighted by molar-refractivity contribution is 6.30. The summed E-state index contributed by atoms with van der Waals surface area (Å²) in [7, 11) is 0. The summed E-state index contributed by atoms with van der Waals surface area (Å²) in [5, 5.41) is 0.787. The van der Waals surface area contributed by atoms with Gasteiger partial charge in [-0.15, -0.1) is 0 Å². The molecule has 2 rings (SSSR count). The van der Waals surface area contributed by atoms with Crippen molar-refractivity contribution >= 4 is 11.6 Å². The molecular weight excluding hydrogens is 242 g/mol. The molecular formula is C16H20ClN. The van der Waals surface area contributed by atoms with Gasteiger partial charge in [0.15, 0.2) is 0 Å². The van der Waals surface area contributed by atoms with Crippen LogP contribution in [0.3, 0.4) is 0 Å². The molecule has 0 saturated heterocycles. The van der Waals surface area contributed by atoms with E-state index in [1.165, 1.54) is 22.4 Å². The van der Waals surface area contributed by atoms with Gasteiger partial charge in [-0.2, -0.15) is 0 Å². The Labute approximate surface area is 114 Å². The highest BCUT2D eigenvalue weighted by atomic mass is 35.5. The van der Waals surface area contributed by atoms with Gasteiger partial charge in [-0.05, 0) is 50.5 Å². The molecule has 0 radical (unpaired) electrons. The number of rotatable bonds is 3. The predicted octanol–water partition coefficient (Wildman–Crippen LogP) is 5.40. The van der Waals surface area contributed by atoms with E-state index >= 15 is 0 Å². The number of halogens is 1. The third kappa shape index (κ3) is 2.32. The minimum absolute atomic E-state index is 0.546. The second-order valence-electron chi connectivity index (χ2n) is 4.92. The summed E-state index contributed by atoms with van der Waals surface area (Å²) in [6.07, 6.45) is 3.41. The van der Waals surface area contributed by atoms with Gasteiger partial charge in [0.05, 0.1) is 0 Å². The van der Waals surface area contributed by atoms with Crippen LogP contribution in [-0.2, 0) is 0 Å². The number of nitrogens with zero attached hydrogens (tertiary/aromatic N) is 1. The van der Waals surface area contributed by atoms with E-state index in [0.29, 0.717) is 6.04 Å². The second-order valence-corrected chi connectivity index (χ2v) is 5.36. The molecule has 0 bridgehead atoms. The van der Waals surface area contributed by atoms with Crippen LogP contribution in [-0.4, -0.2) is 4.57 Å². The maximum Gasteiger partial charge on any atom is 0.0406 e. The van der Waals surface area contributed by atoms with Crippen LogP contribution in [0.15, 0.2) is 30.5 Å². The lowest BCUT2D eigenvalue weighted by molar-refractivity contribution is 0.522. The first-order valence-corrected chi connectivity index (χ1v) is 6.86. The first kappa shape index (κ1) is 13.2. The lowest BCUT2D eigenvalue weighted by Gasteiger charge is -2.13. The molecule has 1 unspecified atom stereocenters. The summed E-state index contributed by atoms with van der Waals surface area (Å²) in [5.41, 5.74) is 5.26. The van der Waals surface area contributed by atoms with Crippen molar-refractivity contribution in [1.29, 1.82) is 0 Å². The quantitative estimate of drug-likeness (QED) is 0.697. The van der Waals surface area contributed by atoms with Crippen molar-refractivity contribution in [2.75, 3.05) is 0 Å². The van der Waals surface area contributed by atoms with Crippen molar-refractivity contribution in [3.05, 3.63) is 46.7 Å². The normalized spacial score (nSPS) is 12.7. The summed E-state index contributed by atoms with van der Waals surface area (Å²) < 4.78 is 2.37. The highest BCUT2D eigenvalue weighted by Gasteiger charge is 2.13. The summed E-state index contributed by atoms with van der Waals surface area (Å²) in [4.78, 5) is 0. The van der Waals surface area contributed by atoms with Crippen molar-refractivity contribution in [2.24, 2.45) is 0 Å². The first-order chi connectivity index (χ1) is 8.54. The average Bonchev–Trinajstić information content (AvgIpc) is 2.67. The van der Waals surface area contributed by atoms with E-state index in [1.54, 1.807) is 0 Å². The molecule has 0 fully saturated rings. The smallest absolute Gasteiger partial charge is 0.0406 e. The molecule has 0 N–H and O–H groups in total. The number of hydrogen-bond acceptors (Lipinski definition) is 0. The van der Waals surface area contributed by atoms with Crippen molar-refractivity contribution < 1.29 is 0 Å². The first-order valence-electron chi connectivity index (χ1n) is 6.48. The average molecular weight is 262 g/mol. The van der Waals surface area contributed by atoms with Gasteiger partial charge in [-0.1, -0.05) is 30.7 Å². The van der Waals surface area contributed by atoms with Gasteiger partial charge in [-0.3, -0.25) is 0 Å². The van der Waals surface area contributed by atoms with E-state index in [0.717, 1.165) is 11.4 Å². The van der Waals surface area contributed by atoms with Crippen molar-refractivity contribution in [2.45, 2.75) is 40.2 Å². The van der Waals surface area contributed by atoms with Gasteiger partial charge < -0.3 is 4.57 Å². The fourth-order valence-electron chi connectivity index (χ4n) is 2.30. The third-order valence-corrected chi connectivity index (χ3v) is 4.08. The summed E-state index contributed by atoms with van der Waals surface area (Å²) >= 11 is 5.94. The Morgan fingerprint density at radius 1 is 1.17 bits per heavy atom. The SMILES string of the molecule is CCC(C)n1cc(-c2ccc(Cl)cc2)c(C)c1C. The van der Waals surface area contributed by atoms with Crippen LogP contribution < -0.4 is 0 Å². The van der Waals surface area contributed by atoms with Crippen LogP contribution in [0.25, 0.3) is 11.1 Å². The van der Waals surface area contributed by atoms with Crippen LogP contribution in [0.5, 0.6) is 0 Å². The summed E-state index contributed by atoms with van der Waals surface area (Å²) in [6.45, 7) is 8.87. The standard InChI is InChI=1S/C16H20ClN/c1-5-11(2)18-10-16(12(3)13(18)4)14-6-8-15(17)9-7-14/h6-11H,5H2,1-4H3. The van der Waals surface area contributed by atoms with Crippen LogP contribution in [0.2, 0.25) is 5.02 Å². The van der Waals surface area contributed by atoms with Crippen molar-refractivity contribution in [3.8, 4) is 11.1 Å². The largest absolute Gasteiger partial charge is 0.348 e. The molecule has 0 amide bonds. The zero-order valence-corrected chi connectivity index (χ0v) is 12.3. The van der Waals surface area contributed by atoms with E-state index in [2.05, 4.69) is 50.6 Å². The molecule has 1 atom stereocenters. The molecule has 0 spiro atoms. The Kier molecular flexibility index (Phi) is 3.82. The van der Waals surface area contributed by atoms with Crippen LogP contribution >= 0.6 is 11.6 Å². The number of benzene rings is 1. The maximum absolute atomic E-state index is 5.94. The molecule has 1 aromatic heterocycles. The Balaban J connectivity index is 2.49. The van der Waals surface area contributed by atoms with Gasteiger partial charge in [0.25, 0.3) is 0 Å². The molecule has 96 valence electrons. The number of aromatic nitrogens is 1. The highest BCUT2D eigenvalue weighted by Crippen LogP contribution is 2.30. The van der Waals surface area contributed by atoms with Crippen LogP contribution in [0.4, 0.5) is 0 Å². The van der Waals surface area contributed by atoms with Gasteiger partial charge in [0, 0.05) is 28.5 Å². The maximum atomic E-state index is 5.94. The Morgan fingerprint density at radius 2 is 1.78 bits per heavy atom. The molecule has 1 heterocycles. The van der Waals surface area contributed by atoms with Crippen LogP contribution in [0.1, 0.15) is 37.6 Å². The lowest BCUT2D eigenvalue weighted by Crippen LogP contribution is -2.04. The minimum atomic E-state index is 0.546. The van der Waals surface area contributed by atoms with Gasteiger partial charge in [0.2, 0.25) is 0 Å². The fraction of sp³-hybridized carbons (Fsp3) is 0.375. The Bertz CT molecular complexity index is 537. The van der Waals surface area contributed by atoms with E-state index in [4.69, 9.17) is 11.6 Å². The zero-order valence-electron chi connectivity index (χ0n) is 11.5. The molecule has 1 aromatic carbocycles. The second kappa shape index (κ2) is 5.19. The summed E-state index contributed by atoms with van der Waals surface area (Å²) in [6, 6.07) is 8.62. The molecule has 0 aliphatic heterocycles. The molecule has 18 heavy (non-hydrogen) atoms. The van der Waals surface area contributed by atoms with Gasteiger partial charge >= 0.3 is 0 Å². The Morgan fingerprint density at radius 3 is 2.33 bits per heavy atom. The molecule has 2 heteroatoms. The fourth-order valence-corrected chi connectivity index (χ4v) is 2.42.